The minimum Gasteiger partial charge on any atom is -0.496 e. The van der Waals surface area contributed by atoms with Gasteiger partial charge in [-0.1, -0.05) is 36.4 Å². The molecule has 1 atom stereocenters. The third-order valence-electron chi connectivity index (χ3n) is 5.92. The van der Waals surface area contributed by atoms with Gasteiger partial charge >= 0.3 is 11.9 Å². The molecule has 0 unspecified atom stereocenters. The molecule has 0 radical (unpaired) electrons. The van der Waals surface area contributed by atoms with Crippen molar-refractivity contribution >= 4 is 40.7 Å². The van der Waals surface area contributed by atoms with Crippen LogP contribution in [0.3, 0.4) is 0 Å². The van der Waals surface area contributed by atoms with Crippen LogP contribution in [-0.2, 0) is 19.1 Å². The number of nitrogens with zero attached hydrogens (tertiary/aromatic N) is 1. The van der Waals surface area contributed by atoms with Gasteiger partial charge in [0.2, 0.25) is 0 Å². The normalized spacial score (nSPS) is 15.3. The number of ether oxygens (including phenoxy) is 4. The molecule has 2 N–H and O–H groups in total. The second kappa shape index (κ2) is 10.8. The molecule has 10 heteroatoms. The zero-order valence-electron chi connectivity index (χ0n) is 20.8. The molecule has 1 aliphatic rings. The minimum atomic E-state index is -1.00. The van der Waals surface area contributed by atoms with Crippen LogP contribution in [-0.4, -0.2) is 44.4 Å². The molecule has 0 aliphatic carbocycles. The summed E-state index contributed by atoms with van der Waals surface area (Å²) in [7, 11) is 4.23. The highest BCUT2D eigenvalue weighted by Gasteiger charge is 2.41. The fourth-order valence-corrected chi connectivity index (χ4v) is 5.46. The molecule has 9 nitrogen and oxygen atoms in total. The number of hydrogen-bond donors (Lipinski definition) is 1. The summed E-state index contributed by atoms with van der Waals surface area (Å²) < 4.78 is 23.1. The monoisotopic (exact) mass is 522 g/mol. The highest BCUT2D eigenvalue weighted by molar-refractivity contribution is 7.07. The van der Waals surface area contributed by atoms with Gasteiger partial charge < -0.3 is 24.7 Å². The van der Waals surface area contributed by atoms with Gasteiger partial charge in [0.1, 0.15) is 22.0 Å². The molecule has 0 spiro atoms. The summed E-state index contributed by atoms with van der Waals surface area (Å²) >= 11 is 1.07. The van der Waals surface area contributed by atoms with Gasteiger partial charge in [0, 0.05) is 11.1 Å². The van der Waals surface area contributed by atoms with Gasteiger partial charge in [-0.25, -0.2) is 9.59 Å². The van der Waals surface area contributed by atoms with E-state index in [9.17, 15) is 14.4 Å². The number of esters is 2. The average molecular weight is 523 g/mol. The van der Waals surface area contributed by atoms with E-state index >= 15 is 0 Å². The maximum Gasteiger partial charge on any atom is 0.338 e. The minimum absolute atomic E-state index is 0.0636. The van der Waals surface area contributed by atoms with Crippen molar-refractivity contribution in [1.29, 1.82) is 0 Å². The molecule has 0 saturated heterocycles. The lowest BCUT2D eigenvalue weighted by Gasteiger charge is -2.27. The van der Waals surface area contributed by atoms with Crippen molar-refractivity contribution in [3.63, 3.8) is 0 Å². The van der Waals surface area contributed by atoms with Crippen LogP contribution in [0.4, 0.5) is 0 Å². The lowest BCUT2D eigenvalue weighted by atomic mass is 9.82. The molecule has 4 rings (SSSR count). The summed E-state index contributed by atoms with van der Waals surface area (Å²) in [5.74, 6) is -1.61. The number of para-hydroxylation sites is 2. The van der Waals surface area contributed by atoms with Crippen LogP contribution in [0.15, 0.2) is 58.9 Å². The first-order valence-electron chi connectivity index (χ1n) is 11.4. The first-order valence-corrected chi connectivity index (χ1v) is 12.2. The highest BCUT2D eigenvalue weighted by atomic mass is 32.1. The summed E-state index contributed by atoms with van der Waals surface area (Å²) in [5, 5.41) is 0. The number of rotatable bonds is 7. The summed E-state index contributed by atoms with van der Waals surface area (Å²) in [6.45, 7) is 1.76. The van der Waals surface area contributed by atoms with Crippen LogP contribution < -0.4 is 30.0 Å². The quantitative estimate of drug-likeness (QED) is 0.465. The van der Waals surface area contributed by atoms with E-state index in [0.717, 1.165) is 15.9 Å². The molecule has 3 aromatic rings. The SMILES string of the molecule is CCOC(=O)C1=c2sc(=Cc3ccccc3OC)c(=O)n2C(N)=C(C(=O)OC)[C@H]1c1ccccc1OC. The Morgan fingerprint density at radius 2 is 1.62 bits per heavy atom. The number of aromatic nitrogens is 1. The number of carbonyl (C=O) groups excluding carboxylic acids is 2. The van der Waals surface area contributed by atoms with Crippen molar-refractivity contribution in [2.75, 3.05) is 27.9 Å². The number of thiazole rings is 1. The third kappa shape index (κ3) is 4.51. The summed E-state index contributed by atoms with van der Waals surface area (Å²) in [4.78, 5) is 40.1. The van der Waals surface area contributed by atoms with Gasteiger partial charge in [0.25, 0.3) is 5.56 Å². The lowest BCUT2D eigenvalue weighted by Crippen LogP contribution is -2.41. The van der Waals surface area contributed by atoms with Crippen LogP contribution in [0.25, 0.3) is 17.5 Å². The van der Waals surface area contributed by atoms with Gasteiger partial charge in [0.15, 0.2) is 0 Å². The number of hydrogen-bond acceptors (Lipinski definition) is 9. The zero-order valence-corrected chi connectivity index (χ0v) is 21.6. The van der Waals surface area contributed by atoms with Crippen molar-refractivity contribution in [2.24, 2.45) is 5.73 Å². The zero-order chi connectivity index (χ0) is 26.7. The van der Waals surface area contributed by atoms with E-state index in [1.165, 1.54) is 21.3 Å². The molecule has 1 aliphatic heterocycles. The van der Waals surface area contributed by atoms with E-state index < -0.39 is 23.4 Å². The molecule has 0 bridgehead atoms. The fourth-order valence-electron chi connectivity index (χ4n) is 4.31. The number of benzene rings is 2. The molecule has 0 saturated carbocycles. The summed E-state index contributed by atoms with van der Waals surface area (Å²) in [6, 6.07) is 14.2. The molecule has 192 valence electrons. The van der Waals surface area contributed by atoms with Crippen molar-refractivity contribution in [1.82, 2.24) is 4.57 Å². The van der Waals surface area contributed by atoms with E-state index in [-0.39, 0.29) is 32.8 Å². The van der Waals surface area contributed by atoms with E-state index in [4.69, 9.17) is 24.7 Å². The molecular formula is C27H26N2O7S. The Kier molecular flexibility index (Phi) is 7.49. The molecule has 37 heavy (non-hydrogen) atoms. The van der Waals surface area contributed by atoms with Crippen molar-refractivity contribution < 1.29 is 28.5 Å². The maximum atomic E-state index is 13.6. The Morgan fingerprint density at radius 3 is 2.27 bits per heavy atom. The van der Waals surface area contributed by atoms with Gasteiger partial charge in [-0.2, -0.15) is 0 Å². The smallest absolute Gasteiger partial charge is 0.338 e. The topological polar surface area (TPSA) is 119 Å². The van der Waals surface area contributed by atoms with Crippen LogP contribution in [0.2, 0.25) is 0 Å². The third-order valence-corrected chi connectivity index (χ3v) is 7.03. The number of methoxy groups -OCH3 is 3. The van der Waals surface area contributed by atoms with Crippen LogP contribution in [0.5, 0.6) is 11.5 Å². The van der Waals surface area contributed by atoms with Crippen LogP contribution in [0.1, 0.15) is 24.0 Å². The Bertz CT molecular complexity index is 1580. The molecule has 0 fully saturated rings. The summed E-state index contributed by atoms with van der Waals surface area (Å²) in [6.07, 6.45) is 1.66. The fraction of sp³-hybridized carbons (Fsp3) is 0.222. The van der Waals surface area contributed by atoms with Crippen molar-refractivity contribution in [3.8, 4) is 11.5 Å². The van der Waals surface area contributed by atoms with Crippen molar-refractivity contribution in [2.45, 2.75) is 12.8 Å². The Morgan fingerprint density at radius 1 is 0.973 bits per heavy atom. The van der Waals surface area contributed by atoms with Gasteiger partial charge in [-0.15, -0.1) is 11.3 Å². The average Bonchev–Trinajstić information content (AvgIpc) is 3.23. The molecule has 2 heterocycles. The first kappa shape index (κ1) is 25.8. The largest absolute Gasteiger partial charge is 0.496 e. The second-order valence-corrected chi connectivity index (χ2v) is 8.93. The predicted molar refractivity (Wildman–Crippen MR) is 140 cm³/mol. The van der Waals surface area contributed by atoms with E-state index in [0.29, 0.717) is 22.6 Å². The van der Waals surface area contributed by atoms with E-state index in [1.54, 1.807) is 49.4 Å². The van der Waals surface area contributed by atoms with Gasteiger partial charge in [0.05, 0.1) is 49.5 Å². The van der Waals surface area contributed by atoms with Gasteiger partial charge in [-0.3, -0.25) is 9.36 Å². The lowest BCUT2D eigenvalue weighted by molar-refractivity contribution is -0.136. The Balaban J connectivity index is 2.16. The van der Waals surface area contributed by atoms with Crippen molar-refractivity contribution in [3.05, 3.63) is 84.8 Å². The summed E-state index contributed by atoms with van der Waals surface area (Å²) in [5.41, 5.74) is 7.18. The molecular weight excluding hydrogens is 496 g/mol. The number of nitrogens with two attached hydrogens (primary N) is 1. The standard InChI is InChI=1S/C27H26N2O7S/c1-5-36-27(32)22-20(16-11-7-9-13-18(16)34-3)21(26(31)35-4)23(28)29-24(30)19(37-25(22)29)14-15-10-6-8-12-17(15)33-2/h6-14,20H,5,28H2,1-4H3/t20-/m1/s1. The number of carbonyl (C=O) groups is 2. The highest BCUT2D eigenvalue weighted by Crippen LogP contribution is 2.41. The van der Waals surface area contributed by atoms with E-state index in [1.807, 2.05) is 12.1 Å². The maximum absolute atomic E-state index is 13.6. The first-order chi connectivity index (χ1) is 17.9. The van der Waals surface area contributed by atoms with Crippen LogP contribution in [0, 0.1) is 0 Å². The van der Waals surface area contributed by atoms with Gasteiger partial charge in [-0.05, 0) is 25.1 Å². The molecule has 0 amide bonds. The number of fused-ring (bicyclic) bond motifs is 1. The Labute approximate surface area is 216 Å². The molecule has 1 aromatic heterocycles. The Hall–Kier alpha value is -4.31. The molecule has 2 aromatic carbocycles. The predicted octanol–water partition coefficient (Wildman–Crippen LogP) is 1.57. The second-order valence-electron chi connectivity index (χ2n) is 7.90. The van der Waals surface area contributed by atoms with Crippen LogP contribution >= 0.6 is 11.3 Å². The van der Waals surface area contributed by atoms with E-state index in [2.05, 4.69) is 0 Å².